The molecule has 2 amide bonds. The summed E-state index contributed by atoms with van der Waals surface area (Å²) in [6.45, 7) is 0.445. The second kappa shape index (κ2) is 7.04. The van der Waals surface area contributed by atoms with Crippen molar-refractivity contribution in [2.24, 2.45) is 0 Å². The van der Waals surface area contributed by atoms with Crippen LogP contribution in [0, 0.1) is 0 Å². The third-order valence-corrected chi connectivity index (χ3v) is 5.41. The Kier molecular flexibility index (Phi) is 4.21. The van der Waals surface area contributed by atoms with Gasteiger partial charge in [-0.3, -0.25) is 9.59 Å². The summed E-state index contributed by atoms with van der Waals surface area (Å²) in [6.07, 6.45) is 0. The number of nitrogens with one attached hydrogen (secondary N) is 1. The van der Waals surface area contributed by atoms with Crippen LogP contribution in [0.1, 0.15) is 26.3 Å². The number of anilines is 3. The Morgan fingerprint density at radius 3 is 2.37 bits per heavy atom. The fraction of sp³-hybridized carbons (Fsp3) is 0.0400. The molecule has 3 N–H and O–H groups in total. The molecule has 0 saturated heterocycles. The lowest BCUT2D eigenvalue weighted by Crippen LogP contribution is -2.26. The fourth-order valence-electron chi connectivity index (χ4n) is 3.89. The highest BCUT2D eigenvalue weighted by atomic mass is 16.2. The zero-order valence-electron chi connectivity index (χ0n) is 16.1. The molecule has 0 saturated carbocycles. The molecular weight excluding hydrogens is 374 g/mol. The summed E-state index contributed by atoms with van der Waals surface area (Å²) >= 11 is 0. The number of para-hydroxylation sites is 2. The molecule has 0 aliphatic carbocycles. The van der Waals surface area contributed by atoms with Gasteiger partial charge in [0.2, 0.25) is 0 Å². The fourth-order valence-corrected chi connectivity index (χ4v) is 3.89. The van der Waals surface area contributed by atoms with Gasteiger partial charge in [-0.15, -0.1) is 0 Å². The minimum atomic E-state index is -0.228. The Hall–Kier alpha value is -4.12. The van der Waals surface area contributed by atoms with E-state index in [0.717, 1.165) is 27.6 Å². The molecule has 5 nitrogen and oxygen atoms in total. The molecule has 0 unspecified atom stereocenters. The van der Waals surface area contributed by atoms with Crippen molar-refractivity contribution in [3.8, 4) is 0 Å². The first-order chi connectivity index (χ1) is 14.6. The molecule has 0 atom stereocenters. The maximum absolute atomic E-state index is 12.9. The second-order valence-electron chi connectivity index (χ2n) is 7.31. The van der Waals surface area contributed by atoms with Gasteiger partial charge in [0.1, 0.15) is 0 Å². The third kappa shape index (κ3) is 2.97. The summed E-state index contributed by atoms with van der Waals surface area (Å²) in [4.78, 5) is 27.2. The van der Waals surface area contributed by atoms with Gasteiger partial charge in [-0.2, -0.15) is 0 Å². The maximum Gasteiger partial charge on any atom is 0.259 e. The summed E-state index contributed by atoms with van der Waals surface area (Å²) in [5, 5.41) is 4.89. The number of carbonyl (C=O) groups excluding carboxylic acids is 2. The van der Waals surface area contributed by atoms with Crippen LogP contribution in [0.25, 0.3) is 10.8 Å². The van der Waals surface area contributed by atoms with E-state index in [1.165, 1.54) is 0 Å². The molecule has 1 heterocycles. The molecule has 0 radical (unpaired) electrons. The zero-order valence-corrected chi connectivity index (χ0v) is 16.1. The van der Waals surface area contributed by atoms with Crippen molar-refractivity contribution in [3.05, 3.63) is 102 Å². The largest absolute Gasteiger partial charge is 0.397 e. The first-order valence-electron chi connectivity index (χ1n) is 9.70. The predicted molar refractivity (Wildman–Crippen MR) is 120 cm³/mol. The Balaban J connectivity index is 1.36. The SMILES string of the molecule is Nc1ccccc1NC(=O)c1ccc(CN2C(=O)c3cccc4cccc2c34)cc1. The summed E-state index contributed by atoms with van der Waals surface area (Å²) in [7, 11) is 0. The Labute approximate surface area is 173 Å². The van der Waals surface area contributed by atoms with E-state index in [0.29, 0.717) is 23.5 Å². The maximum atomic E-state index is 12.9. The minimum absolute atomic E-state index is 0.00294. The number of carbonyl (C=O) groups is 2. The van der Waals surface area contributed by atoms with Gasteiger partial charge in [-0.1, -0.05) is 48.5 Å². The topological polar surface area (TPSA) is 75.4 Å². The summed E-state index contributed by atoms with van der Waals surface area (Å²) < 4.78 is 0. The lowest BCUT2D eigenvalue weighted by molar-refractivity contribution is 0.0989. The van der Waals surface area contributed by atoms with Gasteiger partial charge >= 0.3 is 0 Å². The molecule has 5 heteroatoms. The molecule has 5 rings (SSSR count). The highest BCUT2D eigenvalue weighted by Crippen LogP contribution is 2.38. The Morgan fingerprint density at radius 2 is 1.60 bits per heavy atom. The van der Waals surface area contributed by atoms with E-state index in [2.05, 4.69) is 5.32 Å². The zero-order chi connectivity index (χ0) is 20.7. The number of nitrogen functional groups attached to an aromatic ring is 1. The van der Waals surface area contributed by atoms with Gasteiger partial charge < -0.3 is 16.0 Å². The van der Waals surface area contributed by atoms with Gasteiger partial charge in [-0.25, -0.2) is 0 Å². The first kappa shape index (κ1) is 17.9. The van der Waals surface area contributed by atoms with Gasteiger partial charge in [0.05, 0.1) is 23.6 Å². The normalized spacial score (nSPS) is 12.4. The van der Waals surface area contributed by atoms with Crippen LogP contribution in [0.2, 0.25) is 0 Å². The van der Waals surface area contributed by atoms with Gasteiger partial charge in [0.15, 0.2) is 0 Å². The highest BCUT2D eigenvalue weighted by molar-refractivity contribution is 6.24. The van der Waals surface area contributed by atoms with Gasteiger partial charge in [-0.05, 0) is 47.3 Å². The average molecular weight is 393 g/mol. The standard InChI is InChI=1S/C25H19N3O2/c26-20-8-1-2-9-21(20)27-24(29)18-13-11-16(12-14-18)15-28-22-10-4-6-17-5-3-7-19(23(17)22)25(28)30/h1-14H,15,26H2,(H,27,29). The molecule has 0 aromatic heterocycles. The number of amides is 2. The van der Waals surface area contributed by atoms with Crippen LogP contribution >= 0.6 is 0 Å². The number of nitrogens with zero attached hydrogens (tertiary/aromatic N) is 1. The number of hydrogen-bond donors (Lipinski definition) is 2. The average Bonchev–Trinajstić information content (AvgIpc) is 3.04. The monoisotopic (exact) mass is 393 g/mol. The van der Waals surface area contributed by atoms with Crippen molar-refractivity contribution < 1.29 is 9.59 Å². The second-order valence-corrected chi connectivity index (χ2v) is 7.31. The number of rotatable bonds is 4. The van der Waals surface area contributed by atoms with Gasteiger partial charge in [0.25, 0.3) is 11.8 Å². The van der Waals surface area contributed by atoms with E-state index in [4.69, 9.17) is 5.73 Å². The lowest BCUT2D eigenvalue weighted by atomic mass is 10.1. The highest BCUT2D eigenvalue weighted by Gasteiger charge is 2.29. The van der Waals surface area contributed by atoms with E-state index in [1.54, 1.807) is 29.2 Å². The molecule has 1 aliphatic rings. The molecular formula is C25H19N3O2. The molecule has 0 spiro atoms. The number of benzene rings is 4. The van der Waals surface area contributed by atoms with Crippen molar-refractivity contribution >= 4 is 39.6 Å². The quantitative estimate of drug-likeness (QED) is 0.488. The van der Waals surface area contributed by atoms with Crippen LogP contribution in [0.3, 0.4) is 0 Å². The molecule has 146 valence electrons. The Morgan fingerprint density at radius 1 is 0.867 bits per heavy atom. The van der Waals surface area contributed by atoms with Crippen LogP contribution in [-0.2, 0) is 6.54 Å². The van der Waals surface area contributed by atoms with E-state index in [1.807, 2.05) is 60.7 Å². The van der Waals surface area contributed by atoms with Crippen LogP contribution < -0.4 is 16.0 Å². The molecule has 0 fully saturated rings. The smallest absolute Gasteiger partial charge is 0.259 e. The number of hydrogen-bond acceptors (Lipinski definition) is 3. The van der Waals surface area contributed by atoms with E-state index < -0.39 is 0 Å². The van der Waals surface area contributed by atoms with Crippen LogP contribution in [0.4, 0.5) is 17.1 Å². The van der Waals surface area contributed by atoms with Crippen molar-refractivity contribution in [3.63, 3.8) is 0 Å². The van der Waals surface area contributed by atoms with E-state index >= 15 is 0 Å². The molecule has 30 heavy (non-hydrogen) atoms. The molecule has 0 bridgehead atoms. The van der Waals surface area contributed by atoms with Crippen molar-refractivity contribution in [2.45, 2.75) is 6.54 Å². The lowest BCUT2D eigenvalue weighted by Gasteiger charge is -2.18. The minimum Gasteiger partial charge on any atom is -0.397 e. The summed E-state index contributed by atoms with van der Waals surface area (Å²) in [5.41, 5.74) is 10.1. The van der Waals surface area contributed by atoms with Crippen LogP contribution in [0.15, 0.2) is 84.9 Å². The molecule has 4 aromatic rings. The predicted octanol–water partition coefficient (Wildman–Crippen LogP) is 4.83. The van der Waals surface area contributed by atoms with Crippen LogP contribution in [0.5, 0.6) is 0 Å². The summed E-state index contributed by atoms with van der Waals surface area (Å²) in [6, 6.07) is 26.2. The van der Waals surface area contributed by atoms with Crippen molar-refractivity contribution in [2.75, 3.05) is 16.0 Å². The first-order valence-corrected chi connectivity index (χ1v) is 9.70. The summed E-state index contributed by atoms with van der Waals surface area (Å²) in [5.74, 6) is -0.225. The van der Waals surface area contributed by atoms with E-state index in [9.17, 15) is 9.59 Å². The van der Waals surface area contributed by atoms with Crippen molar-refractivity contribution in [1.82, 2.24) is 0 Å². The Bertz CT molecular complexity index is 1290. The number of nitrogens with two attached hydrogens (primary N) is 1. The van der Waals surface area contributed by atoms with E-state index in [-0.39, 0.29) is 11.8 Å². The van der Waals surface area contributed by atoms with Crippen molar-refractivity contribution in [1.29, 1.82) is 0 Å². The molecule has 4 aromatic carbocycles. The third-order valence-electron chi connectivity index (χ3n) is 5.41. The van der Waals surface area contributed by atoms with Crippen LogP contribution in [-0.4, -0.2) is 11.8 Å². The van der Waals surface area contributed by atoms with Gasteiger partial charge in [0, 0.05) is 16.5 Å². The molecule has 1 aliphatic heterocycles.